The highest BCUT2D eigenvalue weighted by atomic mass is 32.4. The van der Waals surface area contributed by atoms with Gasteiger partial charge in [0.05, 0.1) is 0 Å². The third-order valence-corrected chi connectivity index (χ3v) is 19.6. The summed E-state index contributed by atoms with van der Waals surface area (Å²) in [5, 5.41) is 11.9. The van der Waals surface area contributed by atoms with E-state index < -0.39 is 12.1 Å². The summed E-state index contributed by atoms with van der Waals surface area (Å²) in [5.74, 6) is 0. The van der Waals surface area contributed by atoms with Gasteiger partial charge in [-0.05, 0) is 66.4 Å². The van der Waals surface area contributed by atoms with Gasteiger partial charge in [-0.2, -0.15) is 0 Å². The van der Waals surface area contributed by atoms with Gasteiger partial charge in [0.25, 0.3) is 0 Å². The zero-order chi connectivity index (χ0) is 33.4. The lowest BCUT2D eigenvalue weighted by Crippen LogP contribution is -2.30. The number of hydrogen-bond donors (Lipinski definition) is 0. The molecule has 0 nitrogen and oxygen atoms in total. The fraction of sp³-hybridized carbons (Fsp3) is 0.0222. The van der Waals surface area contributed by atoms with Crippen LogP contribution in [0, 0.1) is 6.92 Å². The first-order chi connectivity index (χ1) is 24.0. The molecule has 0 aliphatic carbocycles. The van der Waals surface area contributed by atoms with Gasteiger partial charge in [0.15, 0.2) is 0 Å². The maximum atomic E-state index is 7.18. The van der Waals surface area contributed by atoms with Crippen LogP contribution in [0.15, 0.2) is 188 Å². The van der Waals surface area contributed by atoms with Crippen LogP contribution < -0.4 is 31.8 Å². The van der Waals surface area contributed by atoms with Crippen molar-refractivity contribution in [3.63, 3.8) is 0 Å². The lowest BCUT2D eigenvalue weighted by atomic mass is 9.93. The smallest absolute Gasteiger partial charge is 0.0388 e. The molecule has 0 aliphatic heterocycles. The maximum Gasteiger partial charge on any atom is 0.0388 e. The Labute approximate surface area is 299 Å². The molecule has 8 aromatic rings. The monoisotopic (exact) mass is 700 g/mol. The van der Waals surface area contributed by atoms with Crippen molar-refractivity contribution in [1.82, 2.24) is 0 Å². The van der Waals surface area contributed by atoms with Crippen molar-refractivity contribution < 1.29 is 0 Å². The molecule has 8 aromatic carbocycles. The van der Waals surface area contributed by atoms with Crippen LogP contribution in [-0.2, 0) is 23.6 Å². The minimum absolute atomic E-state index is 1.18. The predicted octanol–water partition coefficient (Wildman–Crippen LogP) is 9.48. The Kier molecular flexibility index (Phi) is 8.53. The average Bonchev–Trinajstić information content (AvgIpc) is 3.17. The summed E-state index contributed by atoms with van der Waals surface area (Å²) >= 11 is 14.3. The minimum Gasteiger partial charge on any atom is -0.0826 e. The first-order valence-electron chi connectivity index (χ1n) is 16.5. The van der Waals surface area contributed by atoms with E-state index in [0.717, 1.165) is 0 Å². The second-order valence-electron chi connectivity index (χ2n) is 12.4. The Morgan fingerprint density at radius 3 is 1.16 bits per heavy atom. The standard InChI is InChI=1S/C45H34P2S2/c1-33-17-11-16-28-41(33)47(49,38-24-9-4-10-25-38)43-32-30-35-19-13-15-27-40(35)45(43)44-39-26-14-12-18-34(39)29-31-42(44)46(48,36-20-5-2-6-21-36)37-22-7-3-8-23-37/h2-32H,1H3. The van der Waals surface area contributed by atoms with Crippen LogP contribution in [0.2, 0.25) is 0 Å². The van der Waals surface area contributed by atoms with Gasteiger partial charge >= 0.3 is 0 Å². The number of fused-ring (bicyclic) bond motifs is 2. The van der Waals surface area contributed by atoms with E-state index in [1.165, 1.54) is 70.1 Å². The molecule has 0 radical (unpaired) electrons. The van der Waals surface area contributed by atoms with E-state index in [0.29, 0.717) is 0 Å². The van der Waals surface area contributed by atoms with E-state index >= 15 is 0 Å². The summed E-state index contributed by atoms with van der Waals surface area (Å²) in [6.45, 7) is 2.20. The molecule has 0 aromatic heterocycles. The fourth-order valence-electron chi connectivity index (χ4n) is 7.24. The molecule has 4 heteroatoms. The Morgan fingerprint density at radius 1 is 0.327 bits per heavy atom. The highest BCUT2D eigenvalue weighted by molar-refractivity contribution is 8.26. The Balaban J connectivity index is 1.60. The molecule has 0 N–H and O–H groups in total. The predicted molar refractivity (Wildman–Crippen MR) is 224 cm³/mol. The van der Waals surface area contributed by atoms with Crippen LogP contribution in [-0.4, -0.2) is 0 Å². The molecule has 0 aliphatic rings. The summed E-state index contributed by atoms with van der Waals surface area (Å²) in [5.41, 5.74) is 3.60. The molecule has 1 atom stereocenters. The van der Waals surface area contributed by atoms with Gasteiger partial charge < -0.3 is 0 Å². The van der Waals surface area contributed by atoms with Crippen molar-refractivity contribution >= 4 is 89.1 Å². The Morgan fingerprint density at radius 2 is 0.694 bits per heavy atom. The van der Waals surface area contributed by atoms with Crippen molar-refractivity contribution in [2.45, 2.75) is 6.92 Å². The van der Waals surface area contributed by atoms with Gasteiger partial charge in [0, 0.05) is 22.7 Å². The van der Waals surface area contributed by atoms with Crippen molar-refractivity contribution in [1.29, 1.82) is 0 Å². The van der Waals surface area contributed by atoms with Crippen LogP contribution in [0.4, 0.5) is 0 Å². The van der Waals surface area contributed by atoms with Gasteiger partial charge in [0.2, 0.25) is 0 Å². The Bertz CT molecular complexity index is 2520. The summed E-state index contributed by atoms with van der Waals surface area (Å²) in [7, 11) is 0. The number of aryl methyl sites for hydroxylation is 1. The molecule has 0 heterocycles. The molecule has 0 spiro atoms. The number of benzene rings is 8. The summed E-state index contributed by atoms with van der Waals surface area (Å²) < 4.78 is 0. The van der Waals surface area contributed by atoms with E-state index in [4.69, 9.17) is 23.6 Å². The van der Waals surface area contributed by atoms with Crippen LogP contribution in [0.5, 0.6) is 0 Å². The van der Waals surface area contributed by atoms with Gasteiger partial charge in [-0.3, -0.25) is 0 Å². The van der Waals surface area contributed by atoms with Crippen LogP contribution in [0.3, 0.4) is 0 Å². The second-order valence-corrected chi connectivity index (χ2v) is 21.1. The van der Waals surface area contributed by atoms with E-state index in [9.17, 15) is 0 Å². The largest absolute Gasteiger partial charge is 0.0826 e. The molecule has 49 heavy (non-hydrogen) atoms. The minimum atomic E-state index is -2.60. The van der Waals surface area contributed by atoms with Crippen molar-refractivity contribution in [3.8, 4) is 11.1 Å². The number of hydrogen-bond acceptors (Lipinski definition) is 2. The van der Waals surface area contributed by atoms with Gasteiger partial charge in [-0.25, -0.2) is 0 Å². The van der Waals surface area contributed by atoms with Gasteiger partial charge in [0.1, 0.15) is 0 Å². The Hall–Kier alpha value is -4.42. The van der Waals surface area contributed by atoms with Gasteiger partial charge in [-0.15, -0.1) is 0 Å². The molecule has 1 unspecified atom stereocenters. The normalized spacial score (nSPS) is 12.9. The third kappa shape index (κ3) is 5.36. The summed E-state index contributed by atoms with van der Waals surface area (Å²) in [4.78, 5) is 0. The van der Waals surface area contributed by atoms with E-state index in [-0.39, 0.29) is 0 Å². The van der Waals surface area contributed by atoms with E-state index in [1.807, 2.05) is 0 Å². The lowest BCUT2D eigenvalue weighted by Gasteiger charge is -2.32. The van der Waals surface area contributed by atoms with Crippen molar-refractivity contribution in [3.05, 3.63) is 194 Å². The van der Waals surface area contributed by atoms with Crippen LogP contribution >= 0.6 is 12.1 Å². The van der Waals surface area contributed by atoms with E-state index in [1.54, 1.807) is 0 Å². The summed E-state index contributed by atoms with van der Waals surface area (Å²) in [6, 6.07) is 62.6. The fourth-order valence-corrected chi connectivity index (χ4v) is 15.8. The van der Waals surface area contributed by atoms with Crippen molar-refractivity contribution in [2.24, 2.45) is 0 Å². The zero-order valence-corrected chi connectivity index (χ0v) is 30.5. The highest BCUT2D eigenvalue weighted by Crippen LogP contribution is 2.52. The first kappa shape index (κ1) is 31.8. The molecule has 236 valence electrons. The van der Waals surface area contributed by atoms with Crippen molar-refractivity contribution in [2.75, 3.05) is 0 Å². The molecule has 8 rings (SSSR count). The van der Waals surface area contributed by atoms with Crippen LogP contribution in [0.1, 0.15) is 5.56 Å². The van der Waals surface area contributed by atoms with E-state index in [2.05, 4.69) is 195 Å². The zero-order valence-electron chi connectivity index (χ0n) is 27.1. The molecular weight excluding hydrogens is 667 g/mol. The topological polar surface area (TPSA) is 0 Å². The average molecular weight is 701 g/mol. The molecule has 0 saturated heterocycles. The summed E-state index contributed by atoms with van der Waals surface area (Å²) in [6.07, 6.45) is 0. The maximum absolute atomic E-state index is 7.18. The molecule has 0 saturated carbocycles. The van der Waals surface area contributed by atoms with Gasteiger partial charge in [-0.1, -0.05) is 212 Å². The second kappa shape index (κ2) is 13.1. The number of rotatable bonds is 7. The molecule has 0 fully saturated rings. The molecular formula is C45H34P2S2. The van der Waals surface area contributed by atoms with Crippen LogP contribution in [0.25, 0.3) is 32.7 Å². The SMILES string of the molecule is Cc1ccccc1P(=S)(c1ccccc1)c1ccc2ccccc2c1-c1c(P(=S)(c2ccccc2)c2ccccc2)ccc2ccccc12. The quantitative estimate of drug-likeness (QED) is 0.152. The molecule has 0 bridgehead atoms. The lowest BCUT2D eigenvalue weighted by molar-refractivity contribution is 1.52. The molecule has 0 amide bonds. The highest BCUT2D eigenvalue weighted by Gasteiger charge is 2.34. The first-order valence-corrected chi connectivity index (χ1v) is 22.1. The third-order valence-electron chi connectivity index (χ3n) is 9.56.